The molecule has 0 unspecified atom stereocenters. The number of hydrogen-bond donors (Lipinski definition) is 1. The first-order valence-electron chi connectivity index (χ1n) is 8.35. The van der Waals surface area contributed by atoms with Crippen LogP contribution < -0.4 is 5.73 Å². The van der Waals surface area contributed by atoms with Gasteiger partial charge in [-0.2, -0.15) is 0 Å². The molecule has 5 saturated carbocycles. The molecule has 5 aliphatic carbocycles. The fourth-order valence-corrected chi connectivity index (χ4v) is 5.70. The summed E-state index contributed by atoms with van der Waals surface area (Å²) < 4.78 is 0. The van der Waals surface area contributed by atoms with Crippen LogP contribution in [0.2, 0.25) is 0 Å². The third-order valence-corrected chi connectivity index (χ3v) is 6.27. The third-order valence-electron chi connectivity index (χ3n) is 6.27. The molecular weight excluding hydrogens is 246 g/mol. The van der Waals surface area contributed by atoms with Crippen LogP contribution in [0.25, 0.3) is 0 Å². The topological polar surface area (TPSA) is 51.8 Å². The van der Waals surface area contributed by atoms with Crippen molar-refractivity contribution in [2.75, 3.05) is 5.73 Å². The van der Waals surface area contributed by atoms with Gasteiger partial charge in [0.15, 0.2) is 0 Å². The van der Waals surface area contributed by atoms with Crippen LogP contribution >= 0.6 is 0 Å². The lowest BCUT2D eigenvalue weighted by molar-refractivity contribution is -0.00942. The first-order valence-corrected chi connectivity index (χ1v) is 8.35. The monoisotopic (exact) mass is 269 g/mol. The smallest absolute Gasteiger partial charge is 0.137 e. The normalized spacial score (nSPS) is 42.1. The Labute approximate surface area is 120 Å². The lowest BCUT2D eigenvalue weighted by atomic mass is 9.49. The zero-order valence-corrected chi connectivity index (χ0v) is 12.0. The SMILES string of the molecule is Nc1cc(C2CC2)nc(C23CC4CC(CC(C4)C2)C3)n1. The van der Waals surface area contributed by atoms with Crippen molar-refractivity contribution < 1.29 is 0 Å². The number of nitrogens with two attached hydrogens (primary N) is 1. The molecule has 4 bridgehead atoms. The molecule has 1 aromatic rings. The van der Waals surface area contributed by atoms with E-state index in [1.807, 2.05) is 6.07 Å². The number of rotatable bonds is 2. The summed E-state index contributed by atoms with van der Waals surface area (Å²) in [5, 5.41) is 0. The van der Waals surface area contributed by atoms with Gasteiger partial charge >= 0.3 is 0 Å². The molecule has 5 aliphatic rings. The Morgan fingerprint density at radius 3 is 2.10 bits per heavy atom. The number of aromatic nitrogens is 2. The van der Waals surface area contributed by atoms with Gasteiger partial charge in [0.05, 0.1) is 0 Å². The maximum atomic E-state index is 6.09. The van der Waals surface area contributed by atoms with Gasteiger partial charge < -0.3 is 5.73 Å². The van der Waals surface area contributed by atoms with E-state index in [0.717, 1.165) is 23.6 Å². The molecule has 0 saturated heterocycles. The maximum Gasteiger partial charge on any atom is 0.137 e. The summed E-state index contributed by atoms with van der Waals surface area (Å²) in [6.07, 6.45) is 11.0. The van der Waals surface area contributed by atoms with E-state index in [9.17, 15) is 0 Å². The van der Waals surface area contributed by atoms with Gasteiger partial charge in [-0.15, -0.1) is 0 Å². The largest absolute Gasteiger partial charge is 0.384 e. The molecule has 0 amide bonds. The van der Waals surface area contributed by atoms with E-state index in [2.05, 4.69) is 0 Å². The van der Waals surface area contributed by atoms with E-state index in [-0.39, 0.29) is 5.41 Å². The van der Waals surface area contributed by atoms with Crippen LogP contribution in [0.4, 0.5) is 5.82 Å². The Hall–Kier alpha value is -1.12. The molecule has 0 aliphatic heterocycles. The highest BCUT2D eigenvalue weighted by Crippen LogP contribution is 2.60. The Morgan fingerprint density at radius 2 is 1.55 bits per heavy atom. The van der Waals surface area contributed by atoms with E-state index >= 15 is 0 Å². The van der Waals surface area contributed by atoms with Gasteiger partial charge in [-0.05, 0) is 69.1 Å². The van der Waals surface area contributed by atoms with Gasteiger partial charge in [0, 0.05) is 23.1 Å². The molecule has 0 atom stereocenters. The Kier molecular flexibility index (Phi) is 2.16. The Bertz CT molecular complexity index is 526. The van der Waals surface area contributed by atoms with Crippen molar-refractivity contribution in [1.29, 1.82) is 0 Å². The van der Waals surface area contributed by atoms with E-state index in [1.54, 1.807) is 0 Å². The van der Waals surface area contributed by atoms with Gasteiger partial charge in [-0.1, -0.05) is 0 Å². The summed E-state index contributed by atoms with van der Waals surface area (Å²) in [6, 6.07) is 2.02. The Morgan fingerprint density at radius 1 is 0.950 bits per heavy atom. The summed E-state index contributed by atoms with van der Waals surface area (Å²) in [7, 11) is 0. The quantitative estimate of drug-likeness (QED) is 0.895. The van der Waals surface area contributed by atoms with E-state index in [4.69, 9.17) is 15.7 Å². The molecule has 20 heavy (non-hydrogen) atoms. The zero-order chi connectivity index (χ0) is 13.3. The first kappa shape index (κ1) is 11.5. The minimum absolute atomic E-state index is 0.285. The molecule has 1 aromatic heterocycles. The van der Waals surface area contributed by atoms with Crippen molar-refractivity contribution in [3.8, 4) is 0 Å². The summed E-state index contributed by atoms with van der Waals surface area (Å²) in [6.45, 7) is 0. The molecule has 5 fully saturated rings. The Balaban J connectivity index is 1.58. The van der Waals surface area contributed by atoms with E-state index in [0.29, 0.717) is 11.7 Å². The van der Waals surface area contributed by atoms with Crippen molar-refractivity contribution >= 4 is 5.82 Å². The highest BCUT2D eigenvalue weighted by atomic mass is 15.0. The average molecular weight is 269 g/mol. The molecule has 2 N–H and O–H groups in total. The number of hydrogen-bond acceptors (Lipinski definition) is 3. The lowest BCUT2D eigenvalue weighted by Crippen LogP contribution is -2.49. The second-order valence-electron chi connectivity index (χ2n) is 8.01. The highest BCUT2D eigenvalue weighted by Gasteiger charge is 2.53. The molecule has 0 spiro atoms. The molecular formula is C17H23N3. The summed E-state index contributed by atoms with van der Waals surface area (Å²) >= 11 is 0. The highest BCUT2D eigenvalue weighted by molar-refractivity contribution is 5.35. The van der Waals surface area contributed by atoms with Gasteiger partial charge in [-0.3, -0.25) is 0 Å². The summed E-state index contributed by atoms with van der Waals surface area (Å²) in [5.74, 6) is 5.31. The van der Waals surface area contributed by atoms with Crippen LogP contribution in [0, 0.1) is 17.8 Å². The van der Waals surface area contributed by atoms with Crippen LogP contribution in [0.1, 0.15) is 68.8 Å². The molecule has 106 valence electrons. The second-order valence-corrected chi connectivity index (χ2v) is 8.01. The van der Waals surface area contributed by atoms with Crippen molar-refractivity contribution in [2.24, 2.45) is 17.8 Å². The zero-order valence-electron chi connectivity index (χ0n) is 12.0. The van der Waals surface area contributed by atoms with Gasteiger partial charge in [0.25, 0.3) is 0 Å². The van der Waals surface area contributed by atoms with Crippen molar-refractivity contribution in [1.82, 2.24) is 9.97 Å². The van der Waals surface area contributed by atoms with Gasteiger partial charge in [0.1, 0.15) is 11.6 Å². The van der Waals surface area contributed by atoms with E-state index < -0.39 is 0 Å². The number of anilines is 1. The summed E-state index contributed by atoms with van der Waals surface area (Å²) in [4.78, 5) is 9.70. The molecule has 3 heteroatoms. The second kappa shape index (κ2) is 3.75. The lowest BCUT2D eigenvalue weighted by Gasteiger charge is -2.56. The molecule has 3 nitrogen and oxygen atoms in total. The molecule has 0 radical (unpaired) electrons. The van der Waals surface area contributed by atoms with Crippen LogP contribution in [0.15, 0.2) is 6.07 Å². The predicted molar refractivity (Wildman–Crippen MR) is 78.3 cm³/mol. The minimum Gasteiger partial charge on any atom is -0.384 e. The molecule has 1 heterocycles. The average Bonchev–Trinajstić information content (AvgIpc) is 3.20. The van der Waals surface area contributed by atoms with Crippen LogP contribution in [-0.4, -0.2) is 9.97 Å². The van der Waals surface area contributed by atoms with Crippen LogP contribution in [0.5, 0.6) is 0 Å². The van der Waals surface area contributed by atoms with Crippen LogP contribution in [0.3, 0.4) is 0 Å². The maximum absolute atomic E-state index is 6.09. The first-order chi connectivity index (χ1) is 9.70. The fourth-order valence-electron chi connectivity index (χ4n) is 5.70. The third kappa shape index (κ3) is 1.64. The van der Waals surface area contributed by atoms with Crippen molar-refractivity contribution in [3.05, 3.63) is 17.6 Å². The fraction of sp³-hybridized carbons (Fsp3) is 0.765. The predicted octanol–water partition coefficient (Wildman–Crippen LogP) is 3.40. The molecule has 0 aromatic carbocycles. The standard InChI is InChI=1S/C17H23N3/c18-15-6-14(13-1-2-13)19-16(20-15)17-7-10-3-11(8-17)5-12(4-10)9-17/h6,10-13H,1-5,7-9H2,(H2,18,19,20). The van der Waals surface area contributed by atoms with Crippen molar-refractivity contribution in [3.63, 3.8) is 0 Å². The van der Waals surface area contributed by atoms with Crippen molar-refractivity contribution in [2.45, 2.75) is 62.7 Å². The number of nitrogen functional groups attached to an aromatic ring is 1. The van der Waals surface area contributed by atoms with Gasteiger partial charge in [0.2, 0.25) is 0 Å². The molecule has 6 rings (SSSR count). The minimum atomic E-state index is 0.285. The number of nitrogens with zero attached hydrogens (tertiary/aromatic N) is 2. The van der Waals surface area contributed by atoms with E-state index in [1.165, 1.54) is 57.1 Å². The van der Waals surface area contributed by atoms with Crippen LogP contribution in [-0.2, 0) is 5.41 Å². The summed E-state index contributed by atoms with van der Waals surface area (Å²) in [5.41, 5.74) is 7.60. The van der Waals surface area contributed by atoms with Gasteiger partial charge in [-0.25, -0.2) is 9.97 Å².